The summed E-state index contributed by atoms with van der Waals surface area (Å²) in [6, 6.07) is 0. The van der Waals surface area contributed by atoms with Gasteiger partial charge in [-0.3, -0.25) is 14.9 Å². The summed E-state index contributed by atoms with van der Waals surface area (Å²) in [4.78, 5) is 28.7. The van der Waals surface area contributed by atoms with Gasteiger partial charge in [0.25, 0.3) is 0 Å². The van der Waals surface area contributed by atoms with Gasteiger partial charge in [-0.25, -0.2) is 5.10 Å². The summed E-state index contributed by atoms with van der Waals surface area (Å²) in [6.45, 7) is 2.74. The molecule has 1 aliphatic rings. The smallest absolute Gasteiger partial charge is 0.231 e. The molecule has 1 fully saturated rings. The lowest BCUT2D eigenvalue weighted by Crippen LogP contribution is -2.42. The highest BCUT2D eigenvalue weighted by Gasteiger charge is 2.27. The monoisotopic (exact) mass is 237 g/mol. The van der Waals surface area contributed by atoms with E-state index in [1.165, 1.54) is 13.3 Å². The number of amides is 2. The quantitative estimate of drug-likeness (QED) is 0.757. The molecule has 1 aromatic heterocycles. The van der Waals surface area contributed by atoms with E-state index in [0.717, 1.165) is 19.4 Å². The van der Waals surface area contributed by atoms with Crippen molar-refractivity contribution in [2.75, 3.05) is 18.4 Å². The zero-order valence-electron chi connectivity index (χ0n) is 9.64. The average Bonchev–Trinajstić information content (AvgIpc) is 2.82. The van der Waals surface area contributed by atoms with E-state index in [2.05, 4.69) is 20.5 Å². The van der Waals surface area contributed by atoms with Gasteiger partial charge in [-0.05, 0) is 12.8 Å². The third-order valence-corrected chi connectivity index (χ3v) is 2.89. The molecule has 1 atom stereocenters. The summed E-state index contributed by atoms with van der Waals surface area (Å²) in [7, 11) is 0. The molecule has 0 aromatic carbocycles. The lowest BCUT2D eigenvalue weighted by molar-refractivity contribution is -0.132. The molecular formula is C10H15N5O2. The molecule has 2 rings (SSSR count). The number of anilines is 1. The number of H-pyrrole nitrogens is 1. The predicted octanol–water partition coefficient (Wildman–Crippen LogP) is 0.00170. The van der Waals surface area contributed by atoms with Crippen LogP contribution in [0.4, 0.5) is 5.95 Å². The van der Waals surface area contributed by atoms with Gasteiger partial charge in [-0.2, -0.15) is 10.1 Å². The zero-order valence-corrected chi connectivity index (χ0v) is 9.64. The van der Waals surface area contributed by atoms with Gasteiger partial charge >= 0.3 is 0 Å². The third-order valence-electron chi connectivity index (χ3n) is 2.89. The minimum Gasteiger partial charge on any atom is -0.342 e. The summed E-state index contributed by atoms with van der Waals surface area (Å²) in [6.07, 6.45) is 2.98. The van der Waals surface area contributed by atoms with Gasteiger partial charge in [-0.1, -0.05) is 0 Å². The lowest BCUT2D eigenvalue weighted by atomic mass is 9.97. The molecule has 0 aliphatic carbocycles. The Kier molecular flexibility index (Phi) is 3.36. The summed E-state index contributed by atoms with van der Waals surface area (Å²) in [5, 5.41) is 8.86. The van der Waals surface area contributed by atoms with Crippen LogP contribution in [0.2, 0.25) is 0 Å². The maximum absolute atomic E-state index is 11.9. The summed E-state index contributed by atoms with van der Waals surface area (Å²) in [5.74, 6) is 0.0718. The van der Waals surface area contributed by atoms with E-state index < -0.39 is 0 Å². The van der Waals surface area contributed by atoms with Crippen LogP contribution in [0.5, 0.6) is 0 Å². The number of nitrogens with one attached hydrogen (secondary N) is 2. The van der Waals surface area contributed by atoms with Gasteiger partial charge in [0.15, 0.2) is 0 Å². The zero-order chi connectivity index (χ0) is 12.3. The first kappa shape index (κ1) is 11.6. The topological polar surface area (TPSA) is 91.0 Å². The van der Waals surface area contributed by atoms with Crippen molar-refractivity contribution in [3.05, 3.63) is 6.33 Å². The van der Waals surface area contributed by atoms with E-state index >= 15 is 0 Å². The Hall–Kier alpha value is -1.92. The fourth-order valence-corrected chi connectivity index (χ4v) is 1.96. The second kappa shape index (κ2) is 4.94. The Morgan fingerprint density at radius 2 is 2.41 bits per heavy atom. The van der Waals surface area contributed by atoms with Crippen molar-refractivity contribution < 1.29 is 9.59 Å². The number of hydrogen-bond acceptors (Lipinski definition) is 4. The van der Waals surface area contributed by atoms with Crippen molar-refractivity contribution in [3.63, 3.8) is 0 Å². The summed E-state index contributed by atoms with van der Waals surface area (Å²) >= 11 is 0. The van der Waals surface area contributed by atoms with Crippen LogP contribution in [0.25, 0.3) is 0 Å². The second-order valence-electron chi connectivity index (χ2n) is 4.13. The van der Waals surface area contributed by atoms with Crippen LogP contribution < -0.4 is 5.32 Å². The van der Waals surface area contributed by atoms with E-state index in [-0.39, 0.29) is 17.7 Å². The molecule has 7 heteroatoms. The fourth-order valence-electron chi connectivity index (χ4n) is 1.96. The molecule has 2 N–H and O–H groups in total. The highest BCUT2D eigenvalue weighted by atomic mass is 16.2. The van der Waals surface area contributed by atoms with Gasteiger partial charge < -0.3 is 4.90 Å². The highest BCUT2D eigenvalue weighted by molar-refractivity contribution is 5.91. The fraction of sp³-hybridized carbons (Fsp3) is 0.600. The van der Waals surface area contributed by atoms with Crippen LogP contribution in [0.15, 0.2) is 6.33 Å². The molecule has 17 heavy (non-hydrogen) atoms. The Bertz CT molecular complexity index is 403. The number of likely N-dealkylation sites (tertiary alicyclic amines) is 1. The number of rotatable bonds is 2. The number of piperidine rings is 1. The number of carbonyl (C=O) groups is 2. The van der Waals surface area contributed by atoms with E-state index in [1.54, 1.807) is 4.90 Å². The van der Waals surface area contributed by atoms with Crippen molar-refractivity contribution in [1.82, 2.24) is 20.1 Å². The van der Waals surface area contributed by atoms with E-state index in [9.17, 15) is 9.59 Å². The molecule has 7 nitrogen and oxygen atoms in total. The normalized spacial score (nSPS) is 20.1. The number of nitrogens with zero attached hydrogens (tertiary/aromatic N) is 3. The molecule has 2 heterocycles. The Balaban J connectivity index is 1.93. The first-order valence-corrected chi connectivity index (χ1v) is 5.58. The van der Waals surface area contributed by atoms with Crippen LogP contribution in [0, 0.1) is 5.92 Å². The molecule has 0 radical (unpaired) electrons. The Morgan fingerprint density at radius 3 is 3.06 bits per heavy atom. The maximum Gasteiger partial charge on any atom is 0.231 e. The van der Waals surface area contributed by atoms with E-state index in [1.807, 2.05) is 0 Å². The minimum atomic E-state index is -0.169. The summed E-state index contributed by atoms with van der Waals surface area (Å²) in [5.41, 5.74) is 0. The molecule has 1 saturated heterocycles. The molecule has 92 valence electrons. The van der Waals surface area contributed by atoms with Gasteiger partial charge in [0, 0.05) is 20.0 Å². The highest BCUT2D eigenvalue weighted by Crippen LogP contribution is 2.17. The summed E-state index contributed by atoms with van der Waals surface area (Å²) < 4.78 is 0. The number of aromatic nitrogens is 3. The van der Waals surface area contributed by atoms with Gasteiger partial charge in [-0.15, -0.1) is 0 Å². The van der Waals surface area contributed by atoms with Crippen LogP contribution in [0.1, 0.15) is 19.8 Å². The molecule has 1 aromatic rings. The molecule has 2 amide bonds. The standard InChI is InChI=1S/C10H15N5O2/c1-7(16)15-4-2-3-8(5-15)9(17)13-10-11-6-12-14-10/h6,8H,2-5H2,1H3,(H2,11,12,13,14,17). The molecule has 1 unspecified atom stereocenters. The average molecular weight is 237 g/mol. The number of carbonyl (C=O) groups excluding carboxylic acids is 2. The Labute approximate surface area is 98.6 Å². The lowest BCUT2D eigenvalue weighted by Gasteiger charge is -2.30. The predicted molar refractivity (Wildman–Crippen MR) is 60.0 cm³/mol. The van der Waals surface area contributed by atoms with E-state index in [0.29, 0.717) is 12.5 Å². The number of aromatic amines is 1. The Morgan fingerprint density at radius 1 is 1.59 bits per heavy atom. The van der Waals surface area contributed by atoms with Gasteiger partial charge in [0.2, 0.25) is 17.8 Å². The third kappa shape index (κ3) is 2.80. The molecule has 0 saturated carbocycles. The van der Waals surface area contributed by atoms with Gasteiger partial charge in [0.05, 0.1) is 5.92 Å². The van der Waals surface area contributed by atoms with Crippen LogP contribution in [0.3, 0.4) is 0 Å². The van der Waals surface area contributed by atoms with Gasteiger partial charge in [0.1, 0.15) is 6.33 Å². The molecular weight excluding hydrogens is 222 g/mol. The second-order valence-corrected chi connectivity index (χ2v) is 4.13. The molecule has 0 bridgehead atoms. The first-order valence-electron chi connectivity index (χ1n) is 5.58. The van der Waals surface area contributed by atoms with Crippen molar-refractivity contribution in [3.8, 4) is 0 Å². The van der Waals surface area contributed by atoms with Crippen LogP contribution in [-0.2, 0) is 9.59 Å². The SMILES string of the molecule is CC(=O)N1CCCC(C(=O)Nc2ncn[nH]2)C1. The van der Waals surface area contributed by atoms with Crippen molar-refractivity contribution in [2.45, 2.75) is 19.8 Å². The van der Waals surface area contributed by atoms with Crippen LogP contribution >= 0.6 is 0 Å². The van der Waals surface area contributed by atoms with E-state index in [4.69, 9.17) is 0 Å². The van der Waals surface area contributed by atoms with Crippen LogP contribution in [-0.4, -0.2) is 45.0 Å². The minimum absolute atomic E-state index is 0.0159. The van der Waals surface area contributed by atoms with Crippen molar-refractivity contribution in [2.24, 2.45) is 5.92 Å². The van der Waals surface area contributed by atoms with Crippen molar-refractivity contribution in [1.29, 1.82) is 0 Å². The first-order chi connectivity index (χ1) is 8.16. The molecule has 0 spiro atoms. The largest absolute Gasteiger partial charge is 0.342 e. The van der Waals surface area contributed by atoms with Crippen molar-refractivity contribution >= 4 is 17.8 Å². The molecule has 1 aliphatic heterocycles. The number of hydrogen-bond donors (Lipinski definition) is 2. The maximum atomic E-state index is 11.9.